The summed E-state index contributed by atoms with van der Waals surface area (Å²) in [5.74, 6) is -0.510. The Morgan fingerprint density at radius 1 is 1.24 bits per heavy atom. The van der Waals surface area contributed by atoms with Gasteiger partial charge >= 0.3 is 11.9 Å². The minimum absolute atomic E-state index is 0.0660. The molecule has 0 bridgehead atoms. The molecule has 4 atom stereocenters. The Labute approximate surface area is 168 Å². The van der Waals surface area contributed by atoms with Gasteiger partial charge in [-0.3, -0.25) is 14.2 Å². The van der Waals surface area contributed by atoms with Gasteiger partial charge in [-0.2, -0.15) is 5.26 Å². The van der Waals surface area contributed by atoms with Crippen LogP contribution in [-0.2, 0) is 23.8 Å². The maximum atomic E-state index is 11.8. The predicted molar refractivity (Wildman–Crippen MR) is 104 cm³/mol. The summed E-state index contributed by atoms with van der Waals surface area (Å²) in [6.07, 6.45) is -2.96. The molecule has 1 fully saturated rings. The van der Waals surface area contributed by atoms with Crippen molar-refractivity contribution in [2.75, 3.05) is 5.32 Å². The number of rotatable bonds is 5. The minimum atomic E-state index is -0.873. The molecule has 0 amide bonds. The van der Waals surface area contributed by atoms with Gasteiger partial charge in [0.2, 0.25) is 5.95 Å². The first-order valence-electron chi connectivity index (χ1n) is 9.39. The lowest BCUT2D eigenvalue weighted by Crippen LogP contribution is -2.38. The van der Waals surface area contributed by atoms with Crippen LogP contribution in [0.5, 0.6) is 0 Å². The monoisotopic (exact) mass is 400 g/mol. The van der Waals surface area contributed by atoms with Gasteiger partial charge in [-0.25, -0.2) is 4.98 Å². The van der Waals surface area contributed by atoms with Crippen LogP contribution >= 0.6 is 0 Å². The van der Waals surface area contributed by atoms with Gasteiger partial charge < -0.3 is 19.5 Å². The molecule has 9 nitrogen and oxygen atoms in total. The Balaban J connectivity index is 2.16. The molecule has 0 spiro atoms. The number of imidazole rings is 1. The standard InChI is InChI=1S/C20H24N4O5/c1-10(2)22-20-23-15-7-6-14(9-21)8-16(15)24(20)19-18(29-13(5)26)17(11(3)27-19)28-12(4)25/h6-8,10-11,17-19H,1-5H3,(H,22,23)/t11-,17-,18-,19-/m1/s1. The van der Waals surface area contributed by atoms with E-state index in [2.05, 4.69) is 16.4 Å². The van der Waals surface area contributed by atoms with Gasteiger partial charge in [0.05, 0.1) is 28.8 Å². The second-order valence-corrected chi connectivity index (χ2v) is 7.30. The fraction of sp³-hybridized carbons (Fsp3) is 0.500. The van der Waals surface area contributed by atoms with Crippen LogP contribution in [0.2, 0.25) is 0 Å². The Bertz CT molecular complexity index is 977. The molecule has 0 radical (unpaired) electrons. The number of ether oxygens (including phenoxy) is 3. The van der Waals surface area contributed by atoms with Gasteiger partial charge in [-0.05, 0) is 39.0 Å². The highest BCUT2D eigenvalue weighted by Crippen LogP contribution is 2.38. The number of hydrogen-bond acceptors (Lipinski definition) is 8. The molecule has 3 rings (SSSR count). The van der Waals surface area contributed by atoms with Crippen LogP contribution in [-0.4, -0.2) is 45.8 Å². The third-order valence-electron chi connectivity index (χ3n) is 4.52. The molecule has 0 aliphatic carbocycles. The van der Waals surface area contributed by atoms with E-state index in [1.54, 1.807) is 29.7 Å². The largest absolute Gasteiger partial charge is 0.456 e. The predicted octanol–water partition coefficient (Wildman–Crippen LogP) is 2.51. The summed E-state index contributed by atoms with van der Waals surface area (Å²) < 4.78 is 18.7. The van der Waals surface area contributed by atoms with Gasteiger partial charge in [0, 0.05) is 19.9 Å². The number of carbonyl (C=O) groups is 2. The lowest BCUT2D eigenvalue weighted by molar-refractivity contribution is -0.165. The summed E-state index contributed by atoms with van der Waals surface area (Å²) in [6, 6.07) is 7.31. The molecule has 1 aromatic heterocycles. The smallest absolute Gasteiger partial charge is 0.303 e. The van der Waals surface area contributed by atoms with Gasteiger partial charge in [0.15, 0.2) is 18.4 Å². The maximum absolute atomic E-state index is 11.8. The van der Waals surface area contributed by atoms with Crippen molar-refractivity contribution in [2.24, 2.45) is 0 Å². The first kappa shape index (κ1) is 20.6. The molecule has 0 saturated carbocycles. The van der Waals surface area contributed by atoms with Crippen LogP contribution in [0.3, 0.4) is 0 Å². The maximum Gasteiger partial charge on any atom is 0.303 e. The van der Waals surface area contributed by atoms with Crippen molar-refractivity contribution in [1.29, 1.82) is 5.26 Å². The van der Waals surface area contributed by atoms with Crippen molar-refractivity contribution >= 4 is 28.9 Å². The molecule has 2 heterocycles. The Hall–Kier alpha value is -3.12. The van der Waals surface area contributed by atoms with Crippen LogP contribution in [0.25, 0.3) is 11.0 Å². The quantitative estimate of drug-likeness (QED) is 0.761. The second kappa shape index (κ2) is 8.09. The zero-order valence-electron chi connectivity index (χ0n) is 17.0. The van der Waals surface area contributed by atoms with Crippen LogP contribution in [0.4, 0.5) is 5.95 Å². The molecule has 1 aliphatic rings. The number of hydrogen-bond donors (Lipinski definition) is 1. The molecule has 29 heavy (non-hydrogen) atoms. The first-order chi connectivity index (χ1) is 13.7. The summed E-state index contributed by atoms with van der Waals surface area (Å²) >= 11 is 0. The highest BCUT2D eigenvalue weighted by molar-refractivity contribution is 5.80. The number of carbonyl (C=O) groups excluding carboxylic acids is 2. The van der Waals surface area contributed by atoms with Gasteiger partial charge in [-0.1, -0.05) is 0 Å². The first-order valence-corrected chi connectivity index (χ1v) is 9.39. The van der Waals surface area contributed by atoms with Crippen molar-refractivity contribution in [2.45, 2.75) is 65.2 Å². The Kier molecular flexibility index (Phi) is 5.75. The normalized spacial score (nSPS) is 23.8. The van der Waals surface area contributed by atoms with Crippen molar-refractivity contribution < 1.29 is 23.8 Å². The summed E-state index contributed by atoms with van der Waals surface area (Å²) in [4.78, 5) is 28.0. The lowest BCUT2D eigenvalue weighted by Gasteiger charge is -2.25. The number of nitrogens with zero attached hydrogens (tertiary/aromatic N) is 3. The fourth-order valence-electron chi connectivity index (χ4n) is 3.46. The van der Waals surface area contributed by atoms with Crippen molar-refractivity contribution in [1.82, 2.24) is 9.55 Å². The third-order valence-corrected chi connectivity index (χ3v) is 4.52. The summed E-state index contributed by atoms with van der Waals surface area (Å²) in [7, 11) is 0. The van der Waals surface area contributed by atoms with Crippen LogP contribution in [0.15, 0.2) is 18.2 Å². The molecule has 1 aromatic carbocycles. The van der Waals surface area contributed by atoms with E-state index in [0.29, 0.717) is 22.5 Å². The average molecular weight is 400 g/mol. The number of anilines is 1. The Morgan fingerprint density at radius 3 is 2.48 bits per heavy atom. The number of fused-ring (bicyclic) bond motifs is 1. The molecule has 0 unspecified atom stereocenters. The topological polar surface area (TPSA) is 115 Å². The molecule has 1 aliphatic heterocycles. The highest BCUT2D eigenvalue weighted by Gasteiger charge is 2.49. The van der Waals surface area contributed by atoms with Crippen LogP contribution in [0, 0.1) is 11.3 Å². The highest BCUT2D eigenvalue weighted by atomic mass is 16.6. The van der Waals surface area contributed by atoms with Crippen molar-refractivity contribution in [3.05, 3.63) is 23.8 Å². The molecule has 9 heteroatoms. The summed E-state index contributed by atoms with van der Waals surface area (Å²) in [5.41, 5.74) is 1.76. The van der Waals surface area contributed by atoms with Crippen LogP contribution in [0.1, 0.15) is 46.4 Å². The zero-order valence-corrected chi connectivity index (χ0v) is 17.0. The Morgan fingerprint density at radius 2 is 1.90 bits per heavy atom. The van der Waals surface area contributed by atoms with Gasteiger partial charge in [0.1, 0.15) is 0 Å². The zero-order chi connectivity index (χ0) is 21.3. The van der Waals surface area contributed by atoms with E-state index >= 15 is 0 Å². The van der Waals surface area contributed by atoms with E-state index in [4.69, 9.17) is 14.2 Å². The molecular weight excluding hydrogens is 376 g/mol. The van der Waals surface area contributed by atoms with Crippen molar-refractivity contribution in [3.63, 3.8) is 0 Å². The third kappa shape index (κ3) is 4.17. The van der Waals surface area contributed by atoms with E-state index in [1.165, 1.54) is 13.8 Å². The number of esters is 2. The number of benzene rings is 1. The fourth-order valence-corrected chi connectivity index (χ4v) is 3.46. The molecule has 154 valence electrons. The van der Waals surface area contributed by atoms with Gasteiger partial charge in [-0.15, -0.1) is 0 Å². The second-order valence-electron chi connectivity index (χ2n) is 7.30. The molecule has 1 saturated heterocycles. The molecule has 2 aromatic rings. The van der Waals surface area contributed by atoms with Gasteiger partial charge in [0.25, 0.3) is 0 Å². The minimum Gasteiger partial charge on any atom is -0.456 e. The van der Waals surface area contributed by atoms with Crippen LogP contribution < -0.4 is 5.32 Å². The van der Waals surface area contributed by atoms with E-state index in [0.717, 1.165) is 0 Å². The molecule has 1 N–H and O–H groups in total. The number of nitriles is 1. The van der Waals surface area contributed by atoms with E-state index in [1.807, 2.05) is 13.8 Å². The summed E-state index contributed by atoms with van der Waals surface area (Å²) in [5, 5.41) is 12.6. The van der Waals surface area contributed by atoms with Crippen molar-refractivity contribution in [3.8, 4) is 6.07 Å². The number of nitrogens with one attached hydrogen (secondary N) is 1. The van der Waals surface area contributed by atoms with E-state index < -0.39 is 36.5 Å². The summed E-state index contributed by atoms with van der Waals surface area (Å²) in [6.45, 7) is 8.27. The number of aromatic nitrogens is 2. The average Bonchev–Trinajstić information content (AvgIpc) is 3.11. The van der Waals surface area contributed by atoms with E-state index in [9.17, 15) is 14.9 Å². The lowest BCUT2D eigenvalue weighted by atomic mass is 10.1. The molecular formula is C20H24N4O5. The van der Waals surface area contributed by atoms with E-state index in [-0.39, 0.29) is 6.04 Å². The SMILES string of the molecule is CC(=O)O[C@@H]1[C@H](OC(C)=O)[C@@H](C)O[C@H]1n1c(NC(C)C)nc2ccc(C#N)cc21.